The molecule has 2 N–H and O–H groups in total. The van der Waals surface area contributed by atoms with Crippen LogP contribution in [0.2, 0.25) is 0 Å². The average molecular weight is 348 g/mol. The zero-order valence-corrected chi connectivity index (χ0v) is 13.8. The molecular weight excluding hydrogens is 331 g/mol. The standard InChI is InChI=1S/C17H17FN2O3S/c1-12-4-2-3-5-15(12)17(21)10-20-24(22,23)11-14-8-13(9-19)6-7-16(14)18/h2-8,17,20-21H,10-11H2,1H3. The number of aliphatic hydroxyl groups excluding tert-OH is 1. The van der Waals surface area contributed by atoms with Gasteiger partial charge in [-0.3, -0.25) is 0 Å². The number of nitrogens with one attached hydrogen (secondary N) is 1. The normalized spacial score (nSPS) is 12.6. The summed E-state index contributed by atoms with van der Waals surface area (Å²) in [6.07, 6.45) is -1.00. The first-order chi connectivity index (χ1) is 11.3. The van der Waals surface area contributed by atoms with Crippen LogP contribution < -0.4 is 4.72 Å². The van der Waals surface area contributed by atoms with Crippen molar-refractivity contribution in [1.82, 2.24) is 4.72 Å². The summed E-state index contributed by atoms with van der Waals surface area (Å²) in [7, 11) is -3.86. The molecule has 0 aliphatic carbocycles. The molecule has 0 aromatic heterocycles. The van der Waals surface area contributed by atoms with Gasteiger partial charge in [-0.2, -0.15) is 5.26 Å². The highest BCUT2D eigenvalue weighted by Crippen LogP contribution is 2.17. The van der Waals surface area contributed by atoms with Gasteiger partial charge in [-0.1, -0.05) is 24.3 Å². The van der Waals surface area contributed by atoms with E-state index in [1.165, 1.54) is 12.1 Å². The molecule has 0 aliphatic heterocycles. The first-order valence-electron chi connectivity index (χ1n) is 7.22. The molecule has 0 amide bonds. The zero-order valence-electron chi connectivity index (χ0n) is 13.0. The summed E-state index contributed by atoms with van der Waals surface area (Å²) in [5.74, 6) is -1.30. The quantitative estimate of drug-likeness (QED) is 0.837. The highest BCUT2D eigenvalue weighted by molar-refractivity contribution is 7.88. The average Bonchev–Trinajstić information content (AvgIpc) is 2.55. The van der Waals surface area contributed by atoms with Gasteiger partial charge in [0.05, 0.1) is 23.5 Å². The molecular formula is C17H17FN2O3S. The molecule has 0 spiro atoms. The van der Waals surface area contributed by atoms with Gasteiger partial charge in [-0.25, -0.2) is 17.5 Å². The van der Waals surface area contributed by atoms with E-state index in [0.29, 0.717) is 5.56 Å². The first kappa shape index (κ1) is 18.1. The molecule has 126 valence electrons. The van der Waals surface area contributed by atoms with Gasteiger partial charge >= 0.3 is 0 Å². The first-order valence-corrected chi connectivity index (χ1v) is 8.87. The van der Waals surface area contributed by atoms with Crippen molar-refractivity contribution in [3.63, 3.8) is 0 Å². The van der Waals surface area contributed by atoms with Crippen molar-refractivity contribution in [2.24, 2.45) is 0 Å². The van der Waals surface area contributed by atoms with E-state index in [0.717, 1.165) is 11.6 Å². The minimum absolute atomic E-state index is 0.0908. The number of hydrogen-bond acceptors (Lipinski definition) is 4. The molecule has 1 unspecified atom stereocenters. The topological polar surface area (TPSA) is 90.2 Å². The highest BCUT2D eigenvalue weighted by atomic mass is 32.2. The number of nitrogens with zero attached hydrogens (tertiary/aromatic N) is 1. The number of hydrogen-bond donors (Lipinski definition) is 2. The molecule has 0 saturated heterocycles. The van der Waals surface area contributed by atoms with Gasteiger partial charge in [0.2, 0.25) is 10.0 Å². The van der Waals surface area contributed by atoms with Crippen LogP contribution in [0.3, 0.4) is 0 Å². The van der Waals surface area contributed by atoms with E-state index in [4.69, 9.17) is 5.26 Å². The second-order valence-electron chi connectivity index (χ2n) is 5.40. The Morgan fingerprint density at radius 1 is 1.29 bits per heavy atom. The number of nitriles is 1. The van der Waals surface area contributed by atoms with Crippen molar-refractivity contribution in [2.75, 3.05) is 6.54 Å². The van der Waals surface area contributed by atoms with Crippen molar-refractivity contribution >= 4 is 10.0 Å². The van der Waals surface area contributed by atoms with Crippen molar-refractivity contribution in [2.45, 2.75) is 18.8 Å². The van der Waals surface area contributed by atoms with E-state index in [2.05, 4.69) is 4.72 Å². The lowest BCUT2D eigenvalue weighted by atomic mass is 10.0. The minimum Gasteiger partial charge on any atom is -0.387 e. The summed E-state index contributed by atoms with van der Waals surface area (Å²) in [4.78, 5) is 0. The Kier molecular flexibility index (Phi) is 5.67. The van der Waals surface area contributed by atoms with Crippen molar-refractivity contribution in [3.8, 4) is 6.07 Å². The lowest BCUT2D eigenvalue weighted by molar-refractivity contribution is 0.181. The summed E-state index contributed by atoms with van der Waals surface area (Å²) >= 11 is 0. The van der Waals surface area contributed by atoms with Crippen molar-refractivity contribution in [3.05, 3.63) is 70.5 Å². The number of rotatable bonds is 6. The van der Waals surface area contributed by atoms with Gasteiger partial charge in [-0.05, 0) is 36.2 Å². The van der Waals surface area contributed by atoms with Gasteiger partial charge in [0.1, 0.15) is 5.82 Å². The molecule has 1 atom stereocenters. The Balaban J connectivity index is 2.07. The van der Waals surface area contributed by atoms with Crippen LogP contribution in [0.4, 0.5) is 4.39 Å². The van der Waals surface area contributed by atoms with Crippen LogP contribution in [0, 0.1) is 24.1 Å². The molecule has 2 rings (SSSR count). The molecule has 0 aliphatic rings. The second kappa shape index (κ2) is 7.53. The minimum atomic E-state index is -3.86. The molecule has 0 heterocycles. The molecule has 0 radical (unpaired) electrons. The highest BCUT2D eigenvalue weighted by Gasteiger charge is 2.18. The van der Waals surface area contributed by atoms with Crippen LogP contribution in [0.25, 0.3) is 0 Å². The van der Waals surface area contributed by atoms with Crippen LogP contribution in [0.15, 0.2) is 42.5 Å². The number of sulfonamides is 1. The molecule has 24 heavy (non-hydrogen) atoms. The van der Waals surface area contributed by atoms with E-state index < -0.39 is 27.7 Å². The third-order valence-electron chi connectivity index (χ3n) is 3.56. The Labute approximate surface area is 140 Å². The van der Waals surface area contributed by atoms with Gasteiger partial charge in [0.15, 0.2) is 0 Å². The Morgan fingerprint density at radius 2 is 2.00 bits per heavy atom. The molecule has 2 aromatic carbocycles. The second-order valence-corrected chi connectivity index (χ2v) is 7.20. The Morgan fingerprint density at radius 3 is 2.67 bits per heavy atom. The van der Waals surface area contributed by atoms with Crippen molar-refractivity contribution < 1.29 is 17.9 Å². The molecule has 7 heteroatoms. The summed E-state index contributed by atoms with van der Waals surface area (Å²) < 4.78 is 40.2. The summed E-state index contributed by atoms with van der Waals surface area (Å²) in [5.41, 5.74) is 1.56. The van der Waals surface area contributed by atoms with Crippen LogP contribution in [-0.2, 0) is 15.8 Å². The van der Waals surface area contributed by atoms with Crippen molar-refractivity contribution in [1.29, 1.82) is 5.26 Å². The number of benzene rings is 2. The Hall–Kier alpha value is -2.27. The molecule has 0 fully saturated rings. The summed E-state index contributed by atoms with van der Waals surface area (Å²) in [6.45, 7) is 1.60. The van der Waals surface area contributed by atoms with Crippen LogP contribution in [0.1, 0.15) is 28.4 Å². The fraction of sp³-hybridized carbons (Fsp3) is 0.235. The van der Waals surface area contributed by atoms with Gasteiger partial charge in [0, 0.05) is 12.1 Å². The predicted octanol–water partition coefficient (Wildman–Crippen LogP) is 2.16. The number of aryl methyl sites for hydroxylation is 1. The van der Waals surface area contributed by atoms with Gasteiger partial charge < -0.3 is 5.11 Å². The Bertz CT molecular complexity index is 876. The fourth-order valence-corrected chi connectivity index (χ4v) is 3.43. The SMILES string of the molecule is Cc1ccccc1C(O)CNS(=O)(=O)Cc1cc(C#N)ccc1F. The van der Waals surface area contributed by atoms with E-state index in [1.807, 2.05) is 25.1 Å². The monoisotopic (exact) mass is 348 g/mol. The van der Waals surface area contributed by atoms with Crippen LogP contribution in [-0.4, -0.2) is 20.1 Å². The van der Waals surface area contributed by atoms with Gasteiger partial charge in [-0.15, -0.1) is 0 Å². The third-order valence-corrected chi connectivity index (χ3v) is 4.86. The number of halogens is 1. The maximum Gasteiger partial charge on any atom is 0.215 e. The van der Waals surface area contributed by atoms with E-state index in [-0.39, 0.29) is 17.7 Å². The van der Waals surface area contributed by atoms with E-state index in [1.54, 1.807) is 12.1 Å². The summed E-state index contributed by atoms with van der Waals surface area (Å²) in [6, 6.07) is 12.5. The third kappa shape index (κ3) is 4.61. The predicted molar refractivity (Wildman–Crippen MR) is 87.9 cm³/mol. The molecule has 5 nitrogen and oxygen atoms in total. The van der Waals surface area contributed by atoms with Crippen LogP contribution >= 0.6 is 0 Å². The lowest BCUT2D eigenvalue weighted by Crippen LogP contribution is -2.30. The smallest absolute Gasteiger partial charge is 0.215 e. The molecule has 0 bridgehead atoms. The van der Waals surface area contributed by atoms with Gasteiger partial charge in [0.25, 0.3) is 0 Å². The lowest BCUT2D eigenvalue weighted by Gasteiger charge is -2.15. The number of aliphatic hydroxyl groups is 1. The zero-order chi connectivity index (χ0) is 17.7. The van der Waals surface area contributed by atoms with E-state index in [9.17, 15) is 17.9 Å². The molecule has 2 aromatic rings. The molecule has 0 saturated carbocycles. The largest absolute Gasteiger partial charge is 0.387 e. The summed E-state index contributed by atoms with van der Waals surface area (Å²) in [5, 5.41) is 18.9. The maximum absolute atomic E-state index is 13.7. The van der Waals surface area contributed by atoms with E-state index >= 15 is 0 Å². The maximum atomic E-state index is 13.7. The van der Waals surface area contributed by atoms with Crippen LogP contribution in [0.5, 0.6) is 0 Å². The fourth-order valence-electron chi connectivity index (χ4n) is 2.29.